The zero-order chi connectivity index (χ0) is 16.5. The minimum atomic E-state index is -3.77. The van der Waals surface area contributed by atoms with Crippen molar-refractivity contribution in [2.45, 2.75) is 36.1 Å². The average molecular weight is 372 g/mol. The third kappa shape index (κ3) is 4.90. The highest BCUT2D eigenvalue weighted by molar-refractivity contribution is 7.90. The molecule has 0 radical (unpaired) electrons. The van der Waals surface area contributed by atoms with Gasteiger partial charge in [0, 0.05) is 12.1 Å². The summed E-state index contributed by atoms with van der Waals surface area (Å²) in [6, 6.07) is 3.84. The first-order valence-electron chi connectivity index (χ1n) is 6.23. The van der Waals surface area contributed by atoms with Gasteiger partial charge in [0.15, 0.2) is 0 Å². The van der Waals surface area contributed by atoms with Gasteiger partial charge in [0.05, 0.1) is 9.79 Å². The van der Waals surface area contributed by atoms with Gasteiger partial charge in [-0.2, -0.15) is 0 Å². The number of nitrogens with two attached hydrogens (primary N) is 1. The number of halogens is 1. The molecule has 0 amide bonds. The molecule has 128 valence electrons. The summed E-state index contributed by atoms with van der Waals surface area (Å²) in [5.41, 5.74) is 5.06. The summed E-state index contributed by atoms with van der Waals surface area (Å²) >= 11 is 0. The fourth-order valence-electron chi connectivity index (χ4n) is 1.66. The van der Waals surface area contributed by atoms with Gasteiger partial charge in [-0.1, -0.05) is 0 Å². The van der Waals surface area contributed by atoms with Crippen LogP contribution in [0.3, 0.4) is 0 Å². The lowest BCUT2D eigenvalue weighted by Crippen LogP contribution is -2.48. The minimum Gasteiger partial charge on any atom is -0.329 e. The predicted molar refractivity (Wildman–Crippen MR) is 88.1 cm³/mol. The summed E-state index contributed by atoms with van der Waals surface area (Å²) in [5.74, 6) is 0. The summed E-state index contributed by atoms with van der Waals surface area (Å²) in [6.45, 7) is 5.00. The Hall–Kier alpha value is -0.710. The summed E-state index contributed by atoms with van der Waals surface area (Å²) < 4.78 is 52.7. The summed E-state index contributed by atoms with van der Waals surface area (Å²) in [6.07, 6.45) is 0. The molecule has 0 heterocycles. The lowest BCUT2D eigenvalue weighted by molar-refractivity contribution is 0.462. The van der Waals surface area contributed by atoms with Gasteiger partial charge in [-0.15, -0.1) is 12.4 Å². The molecule has 4 N–H and O–H groups in total. The highest BCUT2D eigenvalue weighted by Crippen LogP contribution is 2.20. The van der Waals surface area contributed by atoms with Gasteiger partial charge in [-0.05, 0) is 51.6 Å². The van der Waals surface area contributed by atoms with Crippen LogP contribution in [0.2, 0.25) is 0 Å². The van der Waals surface area contributed by atoms with E-state index < -0.39 is 25.6 Å². The Morgan fingerprint density at radius 1 is 1.14 bits per heavy atom. The average Bonchev–Trinajstić information content (AvgIpc) is 2.37. The molecule has 0 aliphatic heterocycles. The van der Waals surface area contributed by atoms with Gasteiger partial charge in [-0.25, -0.2) is 26.3 Å². The molecule has 0 saturated heterocycles. The number of hydrogen-bond acceptors (Lipinski definition) is 5. The van der Waals surface area contributed by atoms with Crippen LogP contribution in [0.15, 0.2) is 28.0 Å². The highest BCUT2D eigenvalue weighted by atomic mass is 35.5. The van der Waals surface area contributed by atoms with Crippen molar-refractivity contribution >= 4 is 32.5 Å². The first-order chi connectivity index (χ1) is 9.45. The van der Waals surface area contributed by atoms with Crippen molar-refractivity contribution < 1.29 is 16.8 Å². The van der Waals surface area contributed by atoms with E-state index in [1.54, 1.807) is 13.8 Å². The van der Waals surface area contributed by atoms with Crippen LogP contribution in [-0.2, 0) is 20.0 Å². The van der Waals surface area contributed by atoms with Crippen molar-refractivity contribution in [1.82, 2.24) is 9.44 Å². The van der Waals surface area contributed by atoms with Crippen LogP contribution in [0.1, 0.15) is 19.4 Å². The predicted octanol–water partition coefficient (Wildman–Crippen LogP) is 0.341. The molecule has 0 aliphatic carbocycles. The monoisotopic (exact) mass is 371 g/mol. The molecule has 1 aromatic carbocycles. The maximum absolute atomic E-state index is 12.3. The van der Waals surface area contributed by atoms with Crippen molar-refractivity contribution in [3.63, 3.8) is 0 Å². The third-order valence-corrected chi connectivity index (χ3v) is 6.21. The summed E-state index contributed by atoms with van der Waals surface area (Å²) in [7, 11) is -6.09. The first kappa shape index (κ1) is 21.3. The quantitative estimate of drug-likeness (QED) is 0.666. The Labute approximate surface area is 138 Å². The maximum Gasteiger partial charge on any atom is 0.241 e. The minimum absolute atomic E-state index is 0. The molecule has 22 heavy (non-hydrogen) atoms. The Morgan fingerprint density at radius 3 is 2.09 bits per heavy atom. The Bertz CT molecular complexity index is 731. The largest absolute Gasteiger partial charge is 0.329 e. The van der Waals surface area contributed by atoms with Gasteiger partial charge in [0.2, 0.25) is 20.0 Å². The lowest BCUT2D eigenvalue weighted by Gasteiger charge is -2.24. The SMILES string of the molecule is CNS(=O)(=O)c1ccc(S(=O)(=O)NC(C)(C)CN)cc1C.Cl. The summed E-state index contributed by atoms with van der Waals surface area (Å²) in [4.78, 5) is 0.0404. The zero-order valence-electron chi connectivity index (χ0n) is 12.9. The van der Waals surface area contributed by atoms with Crippen LogP contribution in [0.4, 0.5) is 0 Å². The van der Waals surface area contributed by atoms with Crippen molar-refractivity contribution in [3.05, 3.63) is 23.8 Å². The highest BCUT2D eigenvalue weighted by Gasteiger charge is 2.26. The summed E-state index contributed by atoms with van der Waals surface area (Å²) in [5, 5.41) is 0. The maximum atomic E-state index is 12.3. The van der Waals surface area contributed by atoms with Crippen molar-refractivity contribution in [3.8, 4) is 0 Å². The van der Waals surface area contributed by atoms with Crippen LogP contribution >= 0.6 is 12.4 Å². The molecule has 0 saturated carbocycles. The topological polar surface area (TPSA) is 118 Å². The Balaban J connectivity index is 0.00000441. The standard InChI is InChI=1S/C12H21N3O4S2.ClH/c1-9-7-10(5-6-11(9)21(18,19)14-4)20(16,17)15-12(2,3)8-13;/h5-7,14-15H,8,13H2,1-4H3;1H. The lowest BCUT2D eigenvalue weighted by atomic mass is 10.1. The van der Waals surface area contributed by atoms with Gasteiger partial charge >= 0.3 is 0 Å². The van der Waals surface area contributed by atoms with Gasteiger partial charge in [0.25, 0.3) is 0 Å². The number of aryl methyl sites for hydroxylation is 1. The molecule has 1 aromatic rings. The normalized spacial score (nSPS) is 12.8. The molecule has 0 aromatic heterocycles. The number of rotatable bonds is 6. The second kappa shape index (κ2) is 7.24. The van der Waals surface area contributed by atoms with Crippen LogP contribution in [0.25, 0.3) is 0 Å². The van der Waals surface area contributed by atoms with Crippen molar-refractivity contribution in [1.29, 1.82) is 0 Å². The molecular weight excluding hydrogens is 350 g/mol. The first-order valence-corrected chi connectivity index (χ1v) is 9.20. The van der Waals surface area contributed by atoms with E-state index in [4.69, 9.17) is 5.73 Å². The number of hydrogen-bond donors (Lipinski definition) is 3. The number of nitrogens with one attached hydrogen (secondary N) is 2. The van der Waals surface area contributed by atoms with E-state index >= 15 is 0 Å². The smallest absolute Gasteiger partial charge is 0.241 e. The molecule has 7 nitrogen and oxygen atoms in total. The third-order valence-electron chi connectivity index (χ3n) is 2.94. The van der Waals surface area contributed by atoms with Crippen LogP contribution in [0, 0.1) is 6.92 Å². The molecular formula is C12H22ClN3O4S2. The van der Waals surface area contributed by atoms with Crippen LogP contribution in [0.5, 0.6) is 0 Å². The van der Waals surface area contributed by atoms with E-state index in [1.807, 2.05) is 0 Å². The number of benzene rings is 1. The molecule has 0 aliphatic rings. The van der Waals surface area contributed by atoms with E-state index in [9.17, 15) is 16.8 Å². The molecule has 1 rings (SSSR count). The molecule has 0 bridgehead atoms. The molecule has 0 spiro atoms. The van der Waals surface area contributed by atoms with E-state index in [-0.39, 0.29) is 28.7 Å². The second-order valence-electron chi connectivity index (χ2n) is 5.33. The van der Waals surface area contributed by atoms with Crippen molar-refractivity contribution in [2.24, 2.45) is 5.73 Å². The van der Waals surface area contributed by atoms with E-state index in [0.29, 0.717) is 5.56 Å². The Kier molecular flexibility index (Phi) is 7.01. The Morgan fingerprint density at radius 2 is 1.68 bits per heavy atom. The second-order valence-corrected chi connectivity index (χ2v) is 8.87. The molecule has 0 unspecified atom stereocenters. The fraction of sp³-hybridized carbons (Fsp3) is 0.500. The zero-order valence-corrected chi connectivity index (χ0v) is 15.3. The van der Waals surface area contributed by atoms with Gasteiger partial charge < -0.3 is 5.73 Å². The van der Waals surface area contributed by atoms with E-state index in [1.165, 1.54) is 32.2 Å². The number of sulfonamides is 2. The molecule has 10 heteroatoms. The fourth-order valence-corrected chi connectivity index (χ4v) is 4.12. The molecule has 0 fully saturated rings. The van der Waals surface area contributed by atoms with E-state index in [2.05, 4.69) is 9.44 Å². The van der Waals surface area contributed by atoms with Gasteiger partial charge in [-0.3, -0.25) is 0 Å². The molecule has 0 atom stereocenters. The van der Waals surface area contributed by atoms with E-state index in [0.717, 1.165) is 0 Å². The van der Waals surface area contributed by atoms with Crippen LogP contribution < -0.4 is 15.2 Å². The van der Waals surface area contributed by atoms with Crippen LogP contribution in [-0.4, -0.2) is 36.0 Å². The van der Waals surface area contributed by atoms with Crippen molar-refractivity contribution in [2.75, 3.05) is 13.6 Å². The van der Waals surface area contributed by atoms with Gasteiger partial charge in [0.1, 0.15) is 0 Å².